The average Bonchev–Trinajstić information content (AvgIpc) is 2.97. The van der Waals surface area contributed by atoms with Gasteiger partial charge >= 0.3 is 0 Å². The van der Waals surface area contributed by atoms with Crippen LogP contribution in [0.4, 0.5) is 0 Å². The summed E-state index contributed by atoms with van der Waals surface area (Å²) in [6.07, 6.45) is 2.57. The Labute approximate surface area is 130 Å². The molecule has 1 aromatic heterocycles. The number of nitrogens with one attached hydrogen (secondary N) is 2. The third-order valence-corrected chi connectivity index (χ3v) is 3.92. The number of hydrogen-bond acceptors (Lipinski definition) is 2. The maximum Gasteiger partial charge on any atom is 0.191 e. The van der Waals surface area contributed by atoms with E-state index in [0.29, 0.717) is 12.0 Å². The quantitative estimate of drug-likeness (QED) is 0.468. The Kier molecular flexibility index (Phi) is 6.99. The van der Waals surface area contributed by atoms with Gasteiger partial charge in [0, 0.05) is 23.4 Å². The highest BCUT2D eigenvalue weighted by atomic mass is 127. The lowest BCUT2D eigenvalue weighted by atomic mass is 10.1. The van der Waals surface area contributed by atoms with Crippen LogP contribution in [-0.2, 0) is 0 Å². The third-order valence-electron chi connectivity index (χ3n) is 2.81. The van der Waals surface area contributed by atoms with Crippen molar-refractivity contribution in [3.63, 3.8) is 0 Å². The van der Waals surface area contributed by atoms with Crippen molar-refractivity contribution in [3.8, 4) is 0 Å². The van der Waals surface area contributed by atoms with Gasteiger partial charge in [0.1, 0.15) is 0 Å². The van der Waals surface area contributed by atoms with Crippen LogP contribution >= 0.6 is 35.3 Å². The van der Waals surface area contributed by atoms with E-state index in [4.69, 9.17) is 0 Å². The Hall–Kier alpha value is -0.300. The Morgan fingerprint density at radius 3 is 2.89 bits per heavy atom. The van der Waals surface area contributed by atoms with Crippen LogP contribution in [-0.4, -0.2) is 25.1 Å². The topological polar surface area (TPSA) is 36.4 Å². The molecule has 1 fully saturated rings. The summed E-state index contributed by atoms with van der Waals surface area (Å²) in [5.74, 6) is 1.48. The van der Waals surface area contributed by atoms with Gasteiger partial charge in [-0.1, -0.05) is 13.0 Å². The van der Waals surface area contributed by atoms with E-state index in [0.717, 1.165) is 19.0 Å². The van der Waals surface area contributed by atoms with Crippen LogP contribution in [0.15, 0.2) is 22.5 Å². The van der Waals surface area contributed by atoms with Gasteiger partial charge < -0.3 is 10.6 Å². The minimum atomic E-state index is 0. The normalized spacial score (nSPS) is 16.9. The van der Waals surface area contributed by atoms with Crippen molar-refractivity contribution in [2.45, 2.75) is 38.6 Å². The largest absolute Gasteiger partial charge is 0.357 e. The zero-order valence-corrected chi connectivity index (χ0v) is 14.1. The molecule has 18 heavy (non-hydrogen) atoms. The Balaban J connectivity index is 0.00000162. The maximum atomic E-state index is 4.65. The highest BCUT2D eigenvalue weighted by Gasteiger charge is 2.22. The molecule has 1 saturated carbocycles. The molecule has 1 heterocycles. The summed E-state index contributed by atoms with van der Waals surface area (Å²) in [5.41, 5.74) is 0. The van der Waals surface area contributed by atoms with Gasteiger partial charge in [-0.3, -0.25) is 4.99 Å². The van der Waals surface area contributed by atoms with E-state index < -0.39 is 0 Å². The van der Waals surface area contributed by atoms with Crippen molar-refractivity contribution >= 4 is 41.3 Å². The second-order valence-corrected chi connectivity index (χ2v) is 5.53. The molecular weight excluding hydrogens is 357 g/mol. The molecule has 0 bridgehead atoms. The fourth-order valence-corrected chi connectivity index (χ4v) is 2.41. The minimum Gasteiger partial charge on any atom is -0.357 e. The van der Waals surface area contributed by atoms with Gasteiger partial charge in [0.05, 0.1) is 6.54 Å². The molecule has 5 heteroatoms. The predicted octanol–water partition coefficient (Wildman–Crippen LogP) is 3.19. The number of hydrogen-bond donors (Lipinski definition) is 2. The van der Waals surface area contributed by atoms with Gasteiger partial charge in [0.15, 0.2) is 5.96 Å². The Morgan fingerprint density at radius 2 is 2.33 bits per heavy atom. The number of nitrogens with zero attached hydrogens (tertiary/aromatic N) is 1. The lowest BCUT2D eigenvalue weighted by Crippen LogP contribution is -2.38. The van der Waals surface area contributed by atoms with Crippen LogP contribution in [0, 0.1) is 0 Å². The molecule has 1 aromatic rings. The zero-order chi connectivity index (χ0) is 12.1. The molecule has 1 atom stereocenters. The summed E-state index contributed by atoms with van der Waals surface area (Å²) in [4.78, 5) is 6.06. The highest BCUT2D eigenvalue weighted by molar-refractivity contribution is 14.0. The minimum absolute atomic E-state index is 0. The van der Waals surface area contributed by atoms with Crippen LogP contribution < -0.4 is 10.6 Å². The first-order chi connectivity index (χ1) is 8.29. The van der Waals surface area contributed by atoms with Gasteiger partial charge in [-0.2, -0.15) is 0 Å². The van der Waals surface area contributed by atoms with Crippen LogP contribution in [0.25, 0.3) is 0 Å². The molecule has 0 aliphatic heterocycles. The summed E-state index contributed by atoms with van der Waals surface area (Å²) in [7, 11) is 0. The van der Waals surface area contributed by atoms with Crippen LogP contribution in [0.3, 0.4) is 0 Å². The number of guanidine groups is 1. The molecule has 0 spiro atoms. The van der Waals surface area contributed by atoms with Crippen LogP contribution in [0.1, 0.15) is 37.5 Å². The predicted molar refractivity (Wildman–Crippen MR) is 90.3 cm³/mol. The van der Waals surface area contributed by atoms with E-state index in [1.807, 2.05) is 11.3 Å². The summed E-state index contributed by atoms with van der Waals surface area (Å²) in [6.45, 7) is 6.11. The van der Waals surface area contributed by atoms with Crippen molar-refractivity contribution in [3.05, 3.63) is 22.4 Å². The summed E-state index contributed by atoms with van der Waals surface area (Å²) in [6, 6.07) is 4.95. The van der Waals surface area contributed by atoms with Gasteiger partial charge in [0.25, 0.3) is 0 Å². The van der Waals surface area contributed by atoms with E-state index in [9.17, 15) is 0 Å². The molecule has 2 N–H and O–H groups in total. The molecule has 3 nitrogen and oxygen atoms in total. The van der Waals surface area contributed by atoms with E-state index in [1.165, 1.54) is 17.7 Å². The fraction of sp³-hybridized carbons (Fsp3) is 0.615. The summed E-state index contributed by atoms with van der Waals surface area (Å²) >= 11 is 1.81. The lowest BCUT2D eigenvalue weighted by molar-refractivity contribution is 0.757. The van der Waals surface area contributed by atoms with Gasteiger partial charge in [-0.15, -0.1) is 35.3 Å². The maximum absolute atomic E-state index is 4.65. The van der Waals surface area contributed by atoms with Gasteiger partial charge in [-0.25, -0.2) is 0 Å². The smallest absolute Gasteiger partial charge is 0.191 e. The monoisotopic (exact) mass is 379 g/mol. The van der Waals surface area contributed by atoms with Crippen molar-refractivity contribution in [2.24, 2.45) is 4.99 Å². The molecule has 2 rings (SSSR count). The second-order valence-electron chi connectivity index (χ2n) is 4.55. The Morgan fingerprint density at radius 1 is 1.56 bits per heavy atom. The van der Waals surface area contributed by atoms with E-state index in [2.05, 4.69) is 47.0 Å². The van der Waals surface area contributed by atoms with E-state index in [-0.39, 0.29) is 24.0 Å². The molecule has 1 unspecified atom stereocenters. The molecule has 0 saturated heterocycles. The molecule has 0 radical (unpaired) electrons. The first kappa shape index (κ1) is 15.8. The van der Waals surface area contributed by atoms with Crippen LogP contribution in [0.5, 0.6) is 0 Å². The first-order valence-electron chi connectivity index (χ1n) is 6.38. The van der Waals surface area contributed by atoms with E-state index in [1.54, 1.807) is 0 Å². The molecule has 0 aromatic carbocycles. The van der Waals surface area contributed by atoms with Gasteiger partial charge in [-0.05, 0) is 31.2 Å². The van der Waals surface area contributed by atoms with Crippen molar-refractivity contribution in [1.82, 2.24) is 10.6 Å². The summed E-state index contributed by atoms with van der Waals surface area (Å²) in [5, 5.41) is 8.86. The summed E-state index contributed by atoms with van der Waals surface area (Å²) < 4.78 is 0. The molecule has 102 valence electrons. The van der Waals surface area contributed by atoms with Crippen molar-refractivity contribution in [2.75, 3.05) is 13.1 Å². The van der Waals surface area contributed by atoms with E-state index >= 15 is 0 Å². The Bertz CT molecular complexity index is 360. The zero-order valence-electron chi connectivity index (χ0n) is 11.0. The SMILES string of the molecule is CCNC(=NCC(C)c1cccs1)NC1CC1.I. The van der Waals surface area contributed by atoms with Crippen molar-refractivity contribution in [1.29, 1.82) is 0 Å². The molecular formula is C13H22IN3S. The second kappa shape index (κ2) is 7.99. The fourth-order valence-electron chi connectivity index (χ4n) is 1.63. The lowest BCUT2D eigenvalue weighted by Gasteiger charge is -2.12. The number of rotatable bonds is 5. The standard InChI is InChI=1S/C13H21N3S.HI/c1-3-14-13(16-11-6-7-11)15-9-10(2)12-5-4-8-17-12;/h4-5,8,10-11H,3,6-7,9H2,1-2H3,(H2,14,15,16);1H. The van der Waals surface area contributed by atoms with Crippen LogP contribution in [0.2, 0.25) is 0 Å². The highest BCUT2D eigenvalue weighted by Crippen LogP contribution is 2.21. The number of thiophene rings is 1. The molecule has 1 aliphatic carbocycles. The number of aliphatic imine (C=N–C) groups is 1. The first-order valence-corrected chi connectivity index (χ1v) is 7.25. The number of halogens is 1. The average molecular weight is 379 g/mol. The van der Waals surface area contributed by atoms with Crippen molar-refractivity contribution < 1.29 is 0 Å². The molecule has 0 amide bonds. The molecule has 1 aliphatic rings. The third kappa shape index (κ3) is 5.14. The van der Waals surface area contributed by atoms with Gasteiger partial charge in [0.2, 0.25) is 0 Å².